The summed E-state index contributed by atoms with van der Waals surface area (Å²) in [5, 5.41) is 3.81. The SMILES string of the molecule is CCN(CC)S(=O)(=O)c1cc(C(=O)Nc2ccc3nc(C)sc3c2)ccc1C. The van der Waals surface area contributed by atoms with Gasteiger partial charge in [0.1, 0.15) is 0 Å². The maximum Gasteiger partial charge on any atom is 0.255 e. The molecule has 0 saturated heterocycles. The van der Waals surface area contributed by atoms with E-state index in [-0.39, 0.29) is 10.8 Å². The largest absolute Gasteiger partial charge is 0.322 e. The van der Waals surface area contributed by atoms with Gasteiger partial charge in [-0.2, -0.15) is 4.31 Å². The van der Waals surface area contributed by atoms with E-state index in [9.17, 15) is 13.2 Å². The van der Waals surface area contributed by atoms with Gasteiger partial charge in [-0.25, -0.2) is 13.4 Å². The second kappa shape index (κ2) is 7.98. The Morgan fingerprint density at radius 3 is 2.50 bits per heavy atom. The lowest BCUT2D eigenvalue weighted by Crippen LogP contribution is -2.31. The molecule has 8 heteroatoms. The van der Waals surface area contributed by atoms with E-state index in [4.69, 9.17) is 0 Å². The molecule has 0 spiro atoms. The lowest BCUT2D eigenvalue weighted by molar-refractivity contribution is 0.102. The van der Waals surface area contributed by atoms with Crippen molar-refractivity contribution < 1.29 is 13.2 Å². The molecule has 2 aromatic carbocycles. The number of amides is 1. The highest BCUT2D eigenvalue weighted by atomic mass is 32.2. The quantitative estimate of drug-likeness (QED) is 0.652. The Labute approximate surface area is 169 Å². The normalized spacial score (nSPS) is 11.9. The molecule has 1 heterocycles. The standard InChI is InChI=1S/C20H23N3O3S2/c1-5-23(6-2)28(25,26)19-11-15(8-7-13(19)3)20(24)22-16-9-10-17-18(12-16)27-14(4)21-17/h7-12H,5-6H2,1-4H3,(H,22,24). The Kier molecular flexibility index (Phi) is 5.83. The van der Waals surface area contributed by atoms with Crippen LogP contribution in [0.5, 0.6) is 0 Å². The molecular weight excluding hydrogens is 394 g/mol. The first-order chi connectivity index (χ1) is 13.3. The third-order valence-electron chi connectivity index (χ3n) is 4.53. The van der Waals surface area contributed by atoms with Crippen LogP contribution in [0.15, 0.2) is 41.3 Å². The molecule has 0 atom stereocenters. The predicted octanol–water partition coefficient (Wildman–Crippen LogP) is 4.20. The number of aromatic nitrogens is 1. The Morgan fingerprint density at radius 2 is 1.82 bits per heavy atom. The van der Waals surface area contributed by atoms with E-state index >= 15 is 0 Å². The fourth-order valence-electron chi connectivity index (χ4n) is 3.04. The molecule has 28 heavy (non-hydrogen) atoms. The number of rotatable bonds is 6. The number of aryl methyl sites for hydroxylation is 2. The molecule has 0 aliphatic carbocycles. The lowest BCUT2D eigenvalue weighted by Gasteiger charge is -2.20. The van der Waals surface area contributed by atoms with Crippen LogP contribution in [0.25, 0.3) is 10.2 Å². The first kappa shape index (κ1) is 20.4. The Balaban J connectivity index is 1.91. The third-order valence-corrected chi connectivity index (χ3v) is 7.65. The Bertz CT molecular complexity index is 1130. The fraction of sp³-hybridized carbons (Fsp3) is 0.300. The number of carbonyl (C=O) groups is 1. The van der Waals surface area contributed by atoms with Crippen molar-refractivity contribution in [1.29, 1.82) is 0 Å². The van der Waals surface area contributed by atoms with Gasteiger partial charge in [0.05, 0.1) is 20.1 Å². The number of sulfonamides is 1. The van der Waals surface area contributed by atoms with Gasteiger partial charge >= 0.3 is 0 Å². The molecule has 0 aliphatic heterocycles. The van der Waals surface area contributed by atoms with Crippen LogP contribution in [-0.4, -0.2) is 36.7 Å². The minimum atomic E-state index is -3.64. The highest BCUT2D eigenvalue weighted by Gasteiger charge is 2.24. The van der Waals surface area contributed by atoms with Crippen LogP contribution < -0.4 is 5.32 Å². The molecule has 0 saturated carbocycles. The minimum Gasteiger partial charge on any atom is -0.322 e. The van der Waals surface area contributed by atoms with Gasteiger partial charge < -0.3 is 5.32 Å². The van der Waals surface area contributed by atoms with Gasteiger partial charge in [-0.1, -0.05) is 19.9 Å². The maximum atomic E-state index is 12.9. The minimum absolute atomic E-state index is 0.164. The molecule has 148 valence electrons. The van der Waals surface area contributed by atoms with E-state index in [1.165, 1.54) is 10.4 Å². The molecule has 1 N–H and O–H groups in total. The molecule has 3 aromatic rings. The number of anilines is 1. The zero-order valence-corrected chi connectivity index (χ0v) is 17.9. The van der Waals surface area contributed by atoms with Gasteiger partial charge in [-0.05, 0) is 49.7 Å². The number of nitrogens with zero attached hydrogens (tertiary/aromatic N) is 2. The van der Waals surface area contributed by atoms with Crippen LogP contribution in [0.2, 0.25) is 0 Å². The monoisotopic (exact) mass is 417 g/mol. The van der Waals surface area contributed by atoms with Crippen LogP contribution in [0, 0.1) is 13.8 Å². The predicted molar refractivity (Wildman–Crippen MR) is 114 cm³/mol. The summed E-state index contributed by atoms with van der Waals surface area (Å²) in [5.41, 5.74) is 2.46. The summed E-state index contributed by atoms with van der Waals surface area (Å²) < 4.78 is 28.1. The van der Waals surface area contributed by atoms with Crippen molar-refractivity contribution in [3.05, 3.63) is 52.5 Å². The topological polar surface area (TPSA) is 79.4 Å². The van der Waals surface area contributed by atoms with Crippen molar-refractivity contribution in [2.45, 2.75) is 32.6 Å². The molecule has 0 radical (unpaired) electrons. The number of thiazole rings is 1. The molecule has 6 nitrogen and oxygen atoms in total. The van der Waals surface area contributed by atoms with Gasteiger partial charge in [-0.3, -0.25) is 4.79 Å². The molecule has 1 amide bonds. The van der Waals surface area contributed by atoms with Gasteiger partial charge in [0.2, 0.25) is 10.0 Å². The lowest BCUT2D eigenvalue weighted by atomic mass is 10.1. The molecule has 1 aromatic heterocycles. The molecule has 0 aliphatic rings. The van der Waals surface area contributed by atoms with Crippen LogP contribution in [0.1, 0.15) is 34.8 Å². The molecular formula is C20H23N3O3S2. The highest BCUT2D eigenvalue weighted by Crippen LogP contribution is 2.26. The summed E-state index contributed by atoms with van der Waals surface area (Å²) in [6.45, 7) is 8.02. The number of nitrogens with one attached hydrogen (secondary N) is 1. The van der Waals surface area contributed by atoms with E-state index in [0.29, 0.717) is 29.9 Å². The zero-order valence-electron chi connectivity index (χ0n) is 16.3. The van der Waals surface area contributed by atoms with Crippen LogP contribution in [0.3, 0.4) is 0 Å². The average Bonchev–Trinajstić information content (AvgIpc) is 3.02. The van der Waals surface area contributed by atoms with Crippen molar-refractivity contribution in [3.8, 4) is 0 Å². The van der Waals surface area contributed by atoms with Crippen molar-refractivity contribution in [2.24, 2.45) is 0 Å². The maximum absolute atomic E-state index is 12.9. The smallest absolute Gasteiger partial charge is 0.255 e. The number of benzene rings is 2. The number of fused-ring (bicyclic) bond motifs is 1. The van der Waals surface area contributed by atoms with E-state index in [2.05, 4.69) is 10.3 Å². The third kappa shape index (κ3) is 3.94. The van der Waals surface area contributed by atoms with Crippen LogP contribution in [-0.2, 0) is 10.0 Å². The van der Waals surface area contributed by atoms with E-state index in [1.807, 2.05) is 19.1 Å². The Morgan fingerprint density at radius 1 is 1.11 bits per heavy atom. The highest BCUT2D eigenvalue weighted by molar-refractivity contribution is 7.89. The summed E-state index contributed by atoms with van der Waals surface area (Å²) in [5.74, 6) is -0.350. The van der Waals surface area contributed by atoms with Gasteiger partial charge in [-0.15, -0.1) is 11.3 Å². The summed E-state index contributed by atoms with van der Waals surface area (Å²) in [7, 11) is -3.64. The molecule has 0 bridgehead atoms. The van der Waals surface area contributed by atoms with Crippen LogP contribution in [0.4, 0.5) is 5.69 Å². The Hall–Kier alpha value is -2.29. The van der Waals surface area contributed by atoms with Crippen molar-refractivity contribution >= 4 is 43.2 Å². The van der Waals surface area contributed by atoms with Gasteiger partial charge in [0.15, 0.2) is 0 Å². The van der Waals surface area contributed by atoms with Crippen LogP contribution >= 0.6 is 11.3 Å². The number of hydrogen-bond acceptors (Lipinski definition) is 5. The molecule has 3 rings (SSSR count). The fourth-order valence-corrected chi connectivity index (χ4v) is 5.62. The second-order valence-corrected chi connectivity index (χ2v) is 9.58. The van der Waals surface area contributed by atoms with Crippen molar-refractivity contribution in [1.82, 2.24) is 9.29 Å². The van der Waals surface area contributed by atoms with Gasteiger partial charge in [0, 0.05) is 24.3 Å². The second-order valence-electron chi connectivity index (χ2n) is 6.44. The van der Waals surface area contributed by atoms with E-state index in [1.54, 1.807) is 50.3 Å². The van der Waals surface area contributed by atoms with Crippen molar-refractivity contribution in [3.63, 3.8) is 0 Å². The number of hydrogen-bond donors (Lipinski definition) is 1. The summed E-state index contributed by atoms with van der Waals surface area (Å²) in [6.07, 6.45) is 0. The molecule has 0 fully saturated rings. The summed E-state index contributed by atoms with van der Waals surface area (Å²) in [6, 6.07) is 10.3. The van der Waals surface area contributed by atoms with Crippen molar-refractivity contribution in [2.75, 3.05) is 18.4 Å². The zero-order chi connectivity index (χ0) is 20.5. The molecule has 0 unspecified atom stereocenters. The summed E-state index contributed by atoms with van der Waals surface area (Å²) in [4.78, 5) is 17.3. The number of carbonyl (C=O) groups excluding carboxylic acids is 1. The first-order valence-corrected chi connectivity index (χ1v) is 11.3. The van der Waals surface area contributed by atoms with Gasteiger partial charge in [0.25, 0.3) is 5.91 Å². The van der Waals surface area contributed by atoms with E-state index in [0.717, 1.165) is 15.2 Å². The average molecular weight is 418 g/mol. The summed E-state index contributed by atoms with van der Waals surface area (Å²) >= 11 is 1.56. The first-order valence-electron chi connectivity index (χ1n) is 9.05. The van der Waals surface area contributed by atoms with E-state index < -0.39 is 10.0 Å².